The van der Waals surface area contributed by atoms with Crippen LogP contribution >= 0.6 is 11.6 Å². The SMILES string of the molecule is C[C@H]1C[C@H](N2C(=O)C[C@@](C)(c3cccc(-c4ccc(OC(F)F)nc4)c3Cl)N=C2N)CCS1(=O)=O. The van der Waals surface area contributed by atoms with E-state index >= 15 is 0 Å². The first kappa shape index (κ1) is 25.3. The summed E-state index contributed by atoms with van der Waals surface area (Å²) in [5.74, 6) is -0.455. The Morgan fingerprint density at radius 2 is 2.03 bits per heavy atom. The lowest BCUT2D eigenvalue weighted by molar-refractivity contribution is -0.131. The predicted octanol–water partition coefficient (Wildman–Crippen LogP) is 3.73. The smallest absolute Gasteiger partial charge is 0.388 e. The third-order valence-corrected chi connectivity index (χ3v) is 9.16. The number of amides is 1. The molecule has 1 aromatic carbocycles. The van der Waals surface area contributed by atoms with Gasteiger partial charge in [0.2, 0.25) is 11.8 Å². The average molecular weight is 527 g/mol. The van der Waals surface area contributed by atoms with Crippen LogP contribution in [0.2, 0.25) is 5.02 Å². The summed E-state index contributed by atoms with van der Waals surface area (Å²) < 4.78 is 53.3. The molecule has 188 valence electrons. The van der Waals surface area contributed by atoms with Crippen molar-refractivity contribution in [1.82, 2.24) is 9.88 Å². The summed E-state index contributed by atoms with van der Waals surface area (Å²) in [6.07, 6.45) is 1.97. The van der Waals surface area contributed by atoms with Gasteiger partial charge in [-0.1, -0.05) is 29.8 Å². The first-order chi connectivity index (χ1) is 16.4. The van der Waals surface area contributed by atoms with E-state index in [0.29, 0.717) is 34.6 Å². The summed E-state index contributed by atoms with van der Waals surface area (Å²) >= 11 is 6.74. The van der Waals surface area contributed by atoms with Crippen LogP contribution in [0.5, 0.6) is 5.88 Å². The van der Waals surface area contributed by atoms with Crippen molar-refractivity contribution in [2.45, 2.75) is 56.6 Å². The number of pyridine rings is 1. The van der Waals surface area contributed by atoms with Crippen LogP contribution in [0.25, 0.3) is 11.1 Å². The van der Waals surface area contributed by atoms with Crippen molar-refractivity contribution < 1.29 is 26.7 Å². The molecule has 2 aliphatic heterocycles. The molecule has 0 saturated carbocycles. The van der Waals surface area contributed by atoms with E-state index in [2.05, 4.69) is 14.7 Å². The van der Waals surface area contributed by atoms with Crippen molar-refractivity contribution in [3.8, 4) is 17.0 Å². The predicted molar refractivity (Wildman–Crippen MR) is 128 cm³/mol. The highest BCUT2D eigenvalue weighted by atomic mass is 35.5. The van der Waals surface area contributed by atoms with Gasteiger partial charge >= 0.3 is 6.61 Å². The van der Waals surface area contributed by atoms with Gasteiger partial charge in [0, 0.05) is 29.4 Å². The van der Waals surface area contributed by atoms with Gasteiger partial charge in [-0.05, 0) is 38.3 Å². The molecule has 1 amide bonds. The van der Waals surface area contributed by atoms with Crippen molar-refractivity contribution >= 4 is 33.3 Å². The van der Waals surface area contributed by atoms with Crippen molar-refractivity contribution in [3.63, 3.8) is 0 Å². The quantitative estimate of drug-likeness (QED) is 0.635. The number of nitrogens with two attached hydrogens (primary N) is 1. The van der Waals surface area contributed by atoms with Gasteiger partial charge in [-0.2, -0.15) is 8.78 Å². The second-order valence-electron chi connectivity index (χ2n) is 8.97. The van der Waals surface area contributed by atoms with Crippen LogP contribution in [0.3, 0.4) is 0 Å². The van der Waals surface area contributed by atoms with Gasteiger partial charge in [0.25, 0.3) is 0 Å². The number of aliphatic imine (C=N–C) groups is 1. The number of sulfone groups is 1. The lowest BCUT2D eigenvalue weighted by Gasteiger charge is -2.41. The molecule has 2 N–H and O–H groups in total. The van der Waals surface area contributed by atoms with E-state index < -0.39 is 27.2 Å². The van der Waals surface area contributed by atoms with E-state index in [-0.39, 0.29) is 36.0 Å². The van der Waals surface area contributed by atoms with Gasteiger partial charge in [0.15, 0.2) is 15.8 Å². The molecule has 1 aromatic heterocycles. The molecule has 2 aliphatic rings. The van der Waals surface area contributed by atoms with Crippen LogP contribution in [0, 0.1) is 0 Å². The fourth-order valence-corrected chi connectivity index (χ4v) is 6.61. The molecule has 8 nitrogen and oxygen atoms in total. The lowest BCUT2D eigenvalue weighted by Crippen LogP contribution is -2.56. The first-order valence-corrected chi connectivity index (χ1v) is 13.1. The van der Waals surface area contributed by atoms with Gasteiger partial charge < -0.3 is 10.5 Å². The van der Waals surface area contributed by atoms with Crippen molar-refractivity contribution in [1.29, 1.82) is 0 Å². The van der Waals surface area contributed by atoms with E-state index in [9.17, 15) is 22.0 Å². The van der Waals surface area contributed by atoms with Crippen LogP contribution in [-0.2, 0) is 20.2 Å². The van der Waals surface area contributed by atoms with Crippen LogP contribution in [0.1, 0.15) is 38.7 Å². The van der Waals surface area contributed by atoms with Crippen molar-refractivity contribution in [2.75, 3.05) is 5.75 Å². The van der Waals surface area contributed by atoms with Gasteiger partial charge in [0.05, 0.1) is 28.0 Å². The van der Waals surface area contributed by atoms with Gasteiger partial charge in [-0.15, -0.1) is 0 Å². The molecule has 12 heteroatoms. The minimum Gasteiger partial charge on any atom is -0.417 e. The molecule has 35 heavy (non-hydrogen) atoms. The molecule has 0 aliphatic carbocycles. The number of nitrogens with zero attached hydrogens (tertiary/aromatic N) is 3. The zero-order valence-corrected chi connectivity index (χ0v) is 20.7. The number of rotatable bonds is 5. The maximum absolute atomic E-state index is 13.2. The van der Waals surface area contributed by atoms with Gasteiger partial charge in [0.1, 0.15) is 0 Å². The monoisotopic (exact) mass is 526 g/mol. The topological polar surface area (TPSA) is 115 Å². The summed E-state index contributed by atoms with van der Waals surface area (Å²) in [4.78, 5) is 23.2. The molecule has 3 heterocycles. The van der Waals surface area contributed by atoms with Crippen LogP contribution in [0.15, 0.2) is 41.5 Å². The molecular formula is C23H25ClF2N4O4S. The average Bonchev–Trinajstić information content (AvgIpc) is 2.76. The minimum atomic E-state index is -3.17. The third kappa shape index (κ3) is 4.97. The standard InChI is InChI=1S/C23H25ClF2N4O4S/c1-13-10-15(8-9-35(13,32)33)30-19(31)11-23(2,29-22(30)27)17-5-3-4-16(20(17)24)14-6-7-18(28-12-14)34-21(25)26/h3-7,12-13,15,21H,8-11H2,1-2H3,(H2,27,29)/t13-,15+,23-/m0/s1. The zero-order chi connectivity index (χ0) is 25.5. The number of halogens is 3. The maximum atomic E-state index is 13.2. The summed E-state index contributed by atoms with van der Waals surface area (Å²) in [5, 5.41) is -0.234. The highest BCUT2D eigenvalue weighted by Crippen LogP contribution is 2.42. The second-order valence-corrected chi connectivity index (χ2v) is 11.9. The highest BCUT2D eigenvalue weighted by Gasteiger charge is 2.44. The number of hydrogen-bond donors (Lipinski definition) is 1. The van der Waals surface area contributed by atoms with Crippen LogP contribution in [0.4, 0.5) is 8.78 Å². The molecule has 1 fully saturated rings. The Kier molecular flexibility index (Phi) is 6.76. The lowest BCUT2D eigenvalue weighted by atomic mass is 9.85. The number of benzene rings is 1. The van der Waals surface area contributed by atoms with Crippen molar-refractivity contribution in [2.24, 2.45) is 10.7 Å². The molecule has 1 saturated heterocycles. The molecule has 2 aromatic rings. The Morgan fingerprint density at radius 3 is 2.63 bits per heavy atom. The number of carbonyl (C=O) groups excluding carboxylic acids is 1. The Balaban J connectivity index is 1.64. The molecule has 4 rings (SSSR count). The number of carbonyl (C=O) groups is 1. The summed E-state index contributed by atoms with van der Waals surface area (Å²) in [5.41, 5.74) is 6.93. The van der Waals surface area contributed by atoms with Gasteiger partial charge in [-0.25, -0.2) is 18.4 Å². The molecule has 0 unspecified atom stereocenters. The zero-order valence-electron chi connectivity index (χ0n) is 19.1. The van der Waals surface area contributed by atoms with Crippen LogP contribution < -0.4 is 10.5 Å². The molecule has 3 atom stereocenters. The Morgan fingerprint density at radius 1 is 1.29 bits per heavy atom. The first-order valence-electron chi connectivity index (χ1n) is 11.0. The highest BCUT2D eigenvalue weighted by molar-refractivity contribution is 7.92. The minimum absolute atomic E-state index is 0.00376. The molecule has 0 spiro atoms. The Labute approximate surface area is 207 Å². The molecule has 0 bridgehead atoms. The van der Waals surface area contributed by atoms with E-state index in [1.54, 1.807) is 38.1 Å². The largest absolute Gasteiger partial charge is 0.417 e. The molecular weight excluding hydrogens is 502 g/mol. The van der Waals surface area contributed by atoms with Crippen LogP contribution in [-0.4, -0.2) is 53.8 Å². The maximum Gasteiger partial charge on any atom is 0.388 e. The summed E-state index contributed by atoms with van der Waals surface area (Å²) in [6.45, 7) is 0.416. The third-order valence-electron chi connectivity index (χ3n) is 6.53. The Bertz CT molecular complexity index is 1270. The van der Waals surface area contributed by atoms with E-state index in [0.717, 1.165) is 0 Å². The van der Waals surface area contributed by atoms with E-state index in [1.165, 1.54) is 17.2 Å². The van der Waals surface area contributed by atoms with E-state index in [1.807, 2.05) is 0 Å². The fourth-order valence-electron chi connectivity index (χ4n) is 4.65. The van der Waals surface area contributed by atoms with Crippen molar-refractivity contribution in [3.05, 3.63) is 47.1 Å². The number of guanidine groups is 1. The number of hydrogen-bond acceptors (Lipinski definition) is 7. The number of alkyl halides is 2. The number of aromatic nitrogens is 1. The molecule has 0 radical (unpaired) electrons. The Hall–Kier alpha value is -2.79. The fraction of sp³-hybridized carbons (Fsp3) is 0.435. The second kappa shape index (κ2) is 9.34. The normalized spacial score (nSPS) is 26.5. The summed E-state index contributed by atoms with van der Waals surface area (Å²) in [6, 6.07) is 7.78. The van der Waals surface area contributed by atoms with Gasteiger partial charge in [-0.3, -0.25) is 9.69 Å². The van der Waals surface area contributed by atoms with E-state index in [4.69, 9.17) is 17.3 Å². The number of ether oxygens (including phenoxy) is 1. The summed E-state index contributed by atoms with van der Waals surface area (Å²) in [7, 11) is -3.17.